The first-order valence-corrected chi connectivity index (χ1v) is 6.25. The highest BCUT2D eigenvalue weighted by atomic mass is 16.5. The number of rotatable bonds is 2. The molecular weight excluding hydrogens is 262 g/mol. The van der Waals surface area contributed by atoms with Crippen LogP contribution in [0.25, 0.3) is 10.9 Å². The molecule has 1 heterocycles. The van der Waals surface area contributed by atoms with Crippen molar-refractivity contribution in [2.75, 3.05) is 5.73 Å². The van der Waals surface area contributed by atoms with Gasteiger partial charge in [-0.15, -0.1) is 0 Å². The van der Waals surface area contributed by atoms with Gasteiger partial charge in [0.2, 0.25) is 0 Å². The highest BCUT2D eigenvalue weighted by molar-refractivity contribution is 5.57. The van der Waals surface area contributed by atoms with Crippen LogP contribution in [0.2, 0.25) is 0 Å². The Balaban J connectivity index is 2.29. The normalized spacial score (nSPS) is 16.3. The van der Waals surface area contributed by atoms with Crippen molar-refractivity contribution in [1.82, 2.24) is 0 Å². The third-order valence-electron chi connectivity index (χ3n) is 2.80. The van der Waals surface area contributed by atoms with Crippen LogP contribution in [0.15, 0.2) is 65.3 Å². The van der Waals surface area contributed by atoms with Crippen LogP contribution in [0.4, 0.5) is 5.69 Å². The SMILES string of the molecule is [C-]#[N+]/C(C#N)=C1/C=C(C)OC(/C=C/c2ccc(N)cc2)=C1. The summed E-state index contributed by atoms with van der Waals surface area (Å²) in [6.45, 7) is 8.78. The molecule has 0 saturated carbocycles. The van der Waals surface area contributed by atoms with Crippen LogP contribution in [0, 0.1) is 17.9 Å². The second-order valence-electron chi connectivity index (χ2n) is 4.43. The van der Waals surface area contributed by atoms with Gasteiger partial charge in [0.05, 0.1) is 12.6 Å². The fourth-order valence-corrected chi connectivity index (χ4v) is 1.82. The second kappa shape index (κ2) is 6.27. The standard InChI is InChI=1S/C17H13N3O/c1-12-9-14(17(11-18)20-2)10-16(21-12)8-5-13-3-6-15(19)7-4-13/h3-10H,19H2,1H3/b8-5+,17-14-. The molecule has 0 spiro atoms. The number of nitrogens with zero attached hydrogens (tertiary/aromatic N) is 2. The van der Waals surface area contributed by atoms with Crippen molar-refractivity contribution in [2.24, 2.45) is 0 Å². The molecule has 0 unspecified atom stereocenters. The number of nitriles is 1. The molecule has 1 aliphatic rings. The Bertz CT molecular complexity index is 735. The van der Waals surface area contributed by atoms with Gasteiger partial charge in [0.15, 0.2) is 0 Å². The van der Waals surface area contributed by atoms with E-state index in [1.54, 1.807) is 25.2 Å². The van der Waals surface area contributed by atoms with Gasteiger partial charge >= 0.3 is 0 Å². The van der Waals surface area contributed by atoms with Crippen molar-refractivity contribution in [1.29, 1.82) is 5.26 Å². The van der Waals surface area contributed by atoms with Crippen molar-refractivity contribution >= 4 is 11.8 Å². The first-order valence-electron chi connectivity index (χ1n) is 6.25. The average molecular weight is 275 g/mol. The van der Waals surface area contributed by atoms with Gasteiger partial charge in [0, 0.05) is 5.69 Å². The minimum Gasteiger partial charge on any atom is -0.462 e. The first kappa shape index (κ1) is 14.2. The van der Waals surface area contributed by atoms with Crippen LogP contribution in [0.5, 0.6) is 0 Å². The van der Waals surface area contributed by atoms with Gasteiger partial charge in [-0.3, -0.25) is 0 Å². The van der Waals surface area contributed by atoms with Crippen LogP contribution in [0.1, 0.15) is 12.5 Å². The topological polar surface area (TPSA) is 63.4 Å². The molecule has 0 saturated heterocycles. The second-order valence-corrected chi connectivity index (χ2v) is 4.43. The maximum absolute atomic E-state index is 8.93. The lowest BCUT2D eigenvalue weighted by Crippen LogP contribution is -1.96. The predicted octanol–water partition coefficient (Wildman–Crippen LogP) is 3.80. The molecule has 4 nitrogen and oxygen atoms in total. The molecule has 0 amide bonds. The summed E-state index contributed by atoms with van der Waals surface area (Å²) in [7, 11) is 0. The minimum atomic E-state index is 0.0519. The largest absolute Gasteiger partial charge is 0.462 e. The molecule has 4 heteroatoms. The molecule has 21 heavy (non-hydrogen) atoms. The number of benzene rings is 1. The maximum atomic E-state index is 8.93. The zero-order valence-corrected chi connectivity index (χ0v) is 11.5. The van der Waals surface area contributed by atoms with Crippen LogP contribution in [-0.4, -0.2) is 0 Å². The number of nitrogen functional groups attached to an aromatic ring is 1. The Morgan fingerprint density at radius 2 is 2.00 bits per heavy atom. The Morgan fingerprint density at radius 1 is 1.29 bits per heavy atom. The van der Waals surface area contributed by atoms with E-state index in [4.69, 9.17) is 22.3 Å². The Morgan fingerprint density at radius 3 is 2.62 bits per heavy atom. The number of hydrogen-bond donors (Lipinski definition) is 1. The molecule has 0 aromatic heterocycles. The van der Waals surface area contributed by atoms with Gasteiger partial charge in [0.1, 0.15) is 11.5 Å². The summed E-state index contributed by atoms with van der Waals surface area (Å²) in [5, 5.41) is 8.93. The van der Waals surface area contributed by atoms with Crippen molar-refractivity contribution in [3.8, 4) is 6.07 Å². The lowest BCUT2D eigenvalue weighted by atomic mass is 10.1. The van der Waals surface area contributed by atoms with Gasteiger partial charge in [-0.2, -0.15) is 0 Å². The lowest BCUT2D eigenvalue weighted by molar-refractivity contribution is 0.318. The van der Waals surface area contributed by atoms with Crippen molar-refractivity contribution in [3.05, 3.63) is 82.3 Å². The number of ether oxygens (including phenoxy) is 1. The van der Waals surface area contributed by atoms with Crippen LogP contribution >= 0.6 is 0 Å². The average Bonchev–Trinajstić information content (AvgIpc) is 2.47. The molecule has 1 aromatic carbocycles. The zero-order valence-electron chi connectivity index (χ0n) is 11.5. The van der Waals surface area contributed by atoms with Crippen LogP contribution < -0.4 is 5.73 Å². The van der Waals surface area contributed by atoms with E-state index in [1.165, 1.54) is 0 Å². The van der Waals surface area contributed by atoms with Crippen molar-refractivity contribution < 1.29 is 4.74 Å². The summed E-state index contributed by atoms with van der Waals surface area (Å²) in [6.07, 6.45) is 7.03. The van der Waals surface area contributed by atoms with E-state index in [9.17, 15) is 0 Å². The molecule has 102 valence electrons. The molecule has 0 radical (unpaired) electrons. The Kier molecular flexibility index (Phi) is 4.23. The van der Waals surface area contributed by atoms with Crippen molar-refractivity contribution in [3.63, 3.8) is 0 Å². The monoisotopic (exact) mass is 275 g/mol. The number of allylic oxidation sites excluding steroid dienone is 6. The molecular formula is C17H13N3O. The fraction of sp³-hybridized carbons (Fsp3) is 0.0588. The molecule has 1 aliphatic heterocycles. The van der Waals surface area contributed by atoms with Gasteiger partial charge in [0.25, 0.3) is 5.70 Å². The third-order valence-corrected chi connectivity index (χ3v) is 2.80. The minimum absolute atomic E-state index is 0.0519. The van der Waals surface area contributed by atoms with E-state index in [2.05, 4.69) is 4.85 Å². The summed E-state index contributed by atoms with van der Waals surface area (Å²) in [5.41, 5.74) is 7.94. The third kappa shape index (κ3) is 3.62. The quantitative estimate of drug-likeness (QED) is 0.507. The smallest absolute Gasteiger partial charge is 0.269 e. The number of anilines is 1. The van der Waals surface area contributed by atoms with E-state index in [-0.39, 0.29) is 5.70 Å². The summed E-state index contributed by atoms with van der Waals surface area (Å²) in [6, 6.07) is 9.32. The Hall–Kier alpha value is -3.24. The molecule has 0 fully saturated rings. The maximum Gasteiger partial charge on any atom is 0.269 e. The van der Waals surface area contributed by atoms with Crippen LogP contribution in [-0.2, 0) is 4.74 Å². The highest BCUT2D eigenvalue weighted by Gasteiger charge is 2.10. The zero-order chi connectivity index (χ0) is 15.2. The van der Waals surface area contributed by atoms with E-state index >= 15 is 0 Å². The van der Waals surface area contributed by atoms with Crippen molar-refractivity contribution in [2.45, 2.75) is 6.92 Å². The highest BCUT2D eigenvalue weighted by Crippen LogP contribution is 2.23. The van der Waals surface area contributed by atoms with Gasteiger partial charge in [-0.05, 0) is 48.4 Å². The van der Waals surface area contributed by atoms with E-state index in [1.807, 2.05) is 36.4 Å². The summed E-state index contributed by atoms with van der Waals surface area (Å²) in [5.74, 6) is 1.22. The Labute approximate surface area is 123 Å². The summed E-state index contributed by atoms with van der Waals surface area (Å²) >= 11 is 0. The van der Waals surface area contributed by atoms with Gasteiger partial charge < -0.3 is 10.5 Å². The number of nitrogens with two attached hydrogens (primary N) is 1. The van der Waals surface area contributed by atoms with E-state index < -0.39 is 0 Å². The molecule has 1 aromatic rings. The first-order chi connectivity index (χ1) is 10.1. The predicted molar refractivity (Wildman–Crippen MR) is 82.1 cm³/mol. The lowest BCUT2D eigenvalue weighted by Gasteiger charge is -2.13. The van der Waals surface area contributed by atoms with E-state index in [0.717, 1.165) is 5.56 Å². The number of hydrogen-bond acceptors (Lipinski definition) is 3. The van der Waals surface area contributed by atoms with E-state index in [0.29, 0.717) is 22.8 Å². The molecule has 2 rings (SSSR count). The van der Waals surface area contributed by atoms with Gasteiger partial charge in [-0.25, -0.2) is 10.1 Å². The van der Waals surface area contributed by atoms with Crippen LogP contribution in [0.3, 0.4) is 0 Å². The fourth-order valence-electron chi connectivity index (χ4n) is 1.82. The summed E-state index contributed by atoms with van der Waals surface area (Å²) < 4.78 is 5.57. The summed E-state index contributed by atoms with van der Waals surface area (Å²) in [4.78, 5) is 3.21. The molecule has 0 bridgehead atoms. The van der Waals surface area contributed by atoms with Gasteiger partial charge in [-0.1, -0.05) is 18.2 Å². The molecule has 2 N–H and O–H groups in total. The molecule has 0 aliphatic carbocycles. The molecule has 0 atom stereocenters.